The van der Waals surface area contributed by atoms with Crippen LogP contribution in [0.1, 0.15) is 9.88 Å². The van der Waals surface area contributed by atoms with Gasteiger partial charge in [0.05, 0.1) is 22.9 Å². The van der Waals surface area contributed by atoms with Crippen LogP contribution in [0.4, 0.5) is 11.4 Å². The quantitative estimate of drug-likeness (QED) is 0.826. The third-order valence-electron chi connectivity index (χ3n) is 2.13. The van der Waals surface area contributed by atoms with Gasteiger partial charge in [-0.3, -0.25) is 0 Å². The lowest BCUT2D eigenvalue weighted by Crippen LogP contribution is -2.02. The van der Waals surface area contributed by atoms with Crippen LogP contribution in [0.2, 0.25) is 5.02 Å². The summed E-state index contributed by atoms with van der Waals surface area (Å²) in [7, 11) is 0. The predicted octanol–water partition coefficient (Wildman–Crippen LogP) is 3.30. The fourth-order valence-corrected chi connectivity index (χ4v) is 2.35. The second kappa shape index (κ2) is 4.72. The molecule has 16 heavy (non-hydrogen) atoms. The first-order valence-corrected chi connectivity index (χ1v) is 6.05. The Balaban J connectivity index is 2.10. The van der Waals surface area contributed by atoms with Crippen molar-refractivity contribution in [2.75, 3.05) is 11.1 Å². The van der Waals surface area contributed by atoms with Gasteiger partial charge in [0.2, 0.25) is 0 Å². The molecule has 0 bridgehead atoms. The first-order valence-electron chi connectivity index (χ1n) is 4.86. The first kappa shape index (κ1) is 11.2. The highest BCUT2D eigenvalue weighted by Gasteiger charge is 2.05. The number of anilines is 2. The van der Waals surface area contributed by atoms with Crippen LogP contribution in [0.25, 0.3) is 0 Å². The van der Waals surface area contributed by atoms with Crippen molar-refractivity contribution in [3.8, 4) is 0 Å². The SMILES string of the molecule is Cc1cnc(CNc2c(N)cccc2Cl)s1. The number of benzene rings is 1. The van der Waals surface area contributed by atoms with Gasteiger partial charge in [0, 0.05) is 11.1 Å². The summed E-state index contributed by atoms with van der Waals surface area (Å²) in [5, 5.41) is 4.86. The van der Waals surface area contributed by atoms with Crippen molar-refractivity contribution >= 4 is 34.3 Å². The highest BCUT2D eigenvalue weighted by atomic mass is 35.5. The molecule has 1 aromatic carbocycles. The van der Waals surface area contributed by atoms with Gasteiger partial charge in [-0.15, -0.1) is 11.3 Å². The van der Waals surface area contributed by atoms with Crippen molar-refractivity contribution in [2.24, 2.45) is 0 Å². The number of hydrogen-bond acceptors (Lipinski definition) is 4. The predicted molar refractivity (Wildman–Crippen MR) is 70.0 cm³/mol. The maximum absolute atomic E-state index is 6.04. The molecule has 3 N–H and O–H groups in total. The molecule has 2 aromatic rings. The number of aryl methyl sites for hydroxylation is 1. The van der Waals surface area contributed by atoms with E-state index in [1.165, 1.54) is 4.88 Å². The minimum atomic E-state index is 0.633. The van der Waals surface area contributed by atoms with E-state index in [9.17, 15) is 0 Å². The van der Waals surface area contributed by atoms with Crippen LogP contribution >= 0.6 is 22.9 Å². The van der Waals surface area contributed by atoms with Gasteiger partial charge in [-0.25, -0.2) is 4.98 Å². The van der Waals surface area contributed by atoms with Crippen molar-refractivity contribution in [3.05, 3.63) is 39.3 Å². The lowest BCUT2D eigenvalue weighted by molar-refractivity contribution is 1.10. The number of nitrogen functional groups attached to an aromatic ring is 1. The standard InChI is InChI=1S/C11H12ClN3S/c1-7-5-14-10(16-7)6-15-11-8(12)3-2-4-9(11)13/h2-5,15H,6,13H2,1H3. The van der Waals surface area contributed by atoms with Crippen molar-refractivity contribution in [1.82, 2.24) is 4.98 Å². The largest absolute Gasteiger partial charge is 0.397 e. The van der Waals surface area contributed by atoms with E-state index in [0.717, 1.165) is 10.7 Å². The van der Waals surface area contributed by atoms with E-state index in [1.807, 2.05) is 31.3 Å². The summed E-state index contributed by atoms with van der Waals surface area (Å²) in [5.74, 6) is 0. The molecule has 5 heteroatoms. The van der Waals surface area contributed by atoms with Crippen LogP contribution < -0.4 is 11.1 Å². The van der Waals surface area contributed by atoms with Gasteiger partial charge in [-0.1, -0.05) is 17.7 Å². The number of nitrogens with one attached hydrogen (secondary N) is 1. The summed E-state index contributed by atoms with van der Waals surface area (Å²) in [6, 6.07) is 5.46. The molecule has 0 amide bonds. The molecule has 0 radical (unpaired) electrons. The van der Waals surface area contributed by atoms with Crippen LogP contribution in [0.15, 0.2) is 24.4 Å². The average Bonchev–Trinajstić information content (AvgIpc) is 2.63. The van der Waals surface area contributed by atoms with Crippen LogP contribution in [0.3, 0.4) is 0 Å². The minimum absolute atomic E-state index is 0.633. The highest BCUT2D eigenvalue weighted by Crippen LogP contribution is 2.28. The highest BCUT2D eigenvalue weighted by molar-refractivity contribution is 7.11. The second-order valence-electron chi connectivity index (χ2n) is 3.42. The minimum Gasteiger partial charge on any atom is -0.397 e. The fraction of sp³-hybridized carbons (Fsp3) is 0.182. The number of hydrogen-bond donors (Lipinski definition) is 2. The Morgan fingerprint density at radius 3 is 2.94 bits per heavy atom. The molecule has 0 saturated heterocycles. The van der Waals surface area contributed by atoms with E-state index in [2.05, 4.69) is 10.3 Å². The molecule has 0 fully saturated rings. The van der Waals surface area contributed by atoms with Gasteiger partial charge in [0.15, 0.2) is 0 Å². The van der Waals surface area contributed by atoms with E-state index in [-0.39, 0.29) is 0 Å². The van der Waals surface area contributed by atoms with E-state index in [0.29, 0.717) is 17.3 Å². The number of aromatic nitrogens is 1. The van der Waals surface area contributed by atoms with Crippen LogP contribution in [0, 0.1) is 6.92 Å². The summed E-state index contributed by atoms with van der Waals surface area (Å²) in [5.41, 5.74) is 7.26. The number of nitrogens with two attached hydrogens (primary N) is 1. The molecule has 0 aliphatic rings. The average molecular weight is 254 g/mol. The van der Waals surface area contributed by atoms with Crippen LogP contribution in [0.5, 0.6) is 0 Å². The van der Waals surface area contributed by atoms with Gasteiger partial charge in [-0.05, 0) is 19.1 Å². The summed E-state index contributed by atoms with van der Waals surface area (Å²) in [6.07, 6.45) is 1.86. The number of thiazole rings is 1. The molecule has 1 heterocycles. The van der Waals surface area contributed by atoms with Gasteiger partial charge >= 0.3 is 0 Å². The Bertz CT molecular complexity index is 475. The molecule has 3 nitrogen and oxygen atoms in total. The lowest BCUT2D eigenvalue weighted by Gasteiger charge is -2.09. The normalized spacial score (nSPS) is 10.4. The van der Waals surface area contributed by atoms with Crippen molar-refractivity contribution in [3.63, 3.8) is 0 Å². The zero-order chi connectivity index (χ0) is 11.5. The van der Waals surface area contributed by atoms with E-state index in [1.54, 1.807) is 11.3 Å². The molecule has 0 aliphatic heterocycles. The molecular formula is C11H12ClN3S. The molecule has 0 aliphatic carbocycles. The summed E-state index contributed by atoms with van der Waals surface area (Å²) in [4.78, 5) is 5.46. The second-order valence-corrected chi connectivity index (χ2v) is 5.15. The third-order valence-corrected chi connectivity index (χ3v) is 3.36. The summed E-state index contributed by atoms with van der Waals surface area (Å²) < 4.78 is 0. The Labute approximate surface area is 103 Å². The monoisotopic (exact) mass is 253 g/mol. The molecule has 2 rings (SSSR count). The van der Waals surface area contributed by atoms with Crippen LogP contribution in [-0.4, -0.2) is 4.98 Å². The molecule has 1 aromatic heterocycles. The van der Waals surface area contributed by atoms with E-state index >= 15 is 0 Å². The number of rotatable bonds is 3. The lowest BCUT2D eigenvalue weighted by atomic mass is 10.2. The van der Waals surface area contributed by atoms with Crippen molar-refractivity contribution in [1.29, 1.82) is 0 Å². The molecule has 84 valence electrons. The topological polar surface area (TPSA) is 50.9 Å². The third kappa shape index (κ3) is 2.46. The van der Waals surface area contributed by atoms with Gasteiger partial charge in [-0.2, -0.15) is 0 Å². The maximum atomic E-state index is 6.04. The van der Waals surface area contributed by atoms with E-state index < -0.39 is 0 Å². The summed E-state index contributed by atoms with van der Waals surface area (Å²) in [6.45, 7) is 2.68. The zero-order valence-electron chi connectivity index (χ0n) is 8.83. The first-order chi connectivity index (χ1) is 7.66. The molecule has 0 unspecified atom stereocenters. The Morgan fingerprint density at radius 1 is 1.50 bits per heavy atom. The molecule has 0 spiro atoms. The molecule has 0 atom stereocenters. The molecule has 0 saturated carbocycles. The Hall–Kier alpha value is -1.26. The van der Waals surface area contributed by atoms with Gasteiger partial charge in [0.1, 0.15) is 5.01 Å². The number of halogens is 1. The number of nitrogens with zero attached hydrogens (tertiary/aromatic N) is 1. The van der Waals surface area contributed by atoms with Crippen molar-refractivity contribution in [2.45, 2.75) is 13.5 Å². The van der Waals surface area contributed by atoms with Gasteiger partial charge in [0.25, 0.3) is 0 Å². The van der Waals surface area contributed by atoms with Gasteiger partial charge < -0.3 is 11.1 Å². The summed E-state index contributed by atoms with van der Waals surface area (Å²) >= 11 is 7.70. The van der Waals surface area contributed by atoms with Crippen LogP contribution in [-0.2, 0) is 6.54 Å². The smallest absolute Gasteiger partial charge is 0.112 e. The fourth-order valence-electron chi connectivity index (χ4n) is 1.37. The Kier molecular flexibility index (Phi) is 3.31. The molecular weight excluding hydrogens is 242 g/mol. The maximum Gasteiger partial charge on any atom is 0.112 e. The van der Waals surface area contributed by atoms with E-state index in [4.69, 9.17) is 17.3 Å². The van der Waals surface area contributed by atoms with Crippen molar-refractivity contribution < 1.29 is 0 Å². The Morgan fingerprint density at radius 2 is 2.31 bits per heavy atom. The zero-order valence-corrected chi connectivity index (χ0v) is 10.4. The number of para-hydroxylation sites is 1.